The third-order valence-corrected chi connectivity index (χ3v) is 3.41. The Hall–Kier alpha value is -0.860. The highest BCUT2D eigenvalue weighted by atomic mass is 16.5. The summed E-state index contributed by atoms with van der Waals surface area (Å²) < 4.78 is 5.05. The molecule has 1 aromatic carbocycles. The van der Waals surface area contributed by atoms with Crippen LogP contribution in [0.15, 0.2) is 30.3 Å². The highest BCUT2D eigenvalue weighted by Gasteiger charge is 2.17. The summed E-state index contributed by atoms with van der Waals surface area (Å²) in [4.78, 5) is 0. The lowest BCUT2D eigenvalue weighted by molar-refractivity contribution is 0.198. The Morgan fingerprint density at radius 2 is 1.94 bits per heavy atom. The Balaban J connectivity index is 2.55. The average molecular weight is 235 g/mol. The molecule has 1 N–H and O–H groups in total. The summed E-state index contributed by atoms with van der Waals surface area (Å²) in [7, 11) is 1.74. The lowest BCUT2D eigenvalue weighted by atomic mass is 9.85. The first kappa shape index (κ1) is 14.2. The Morgan fingerprint density at radius 1 is 1.24 bits per heavy atom. The van der Waals surface area contributed by atoms with Gasteiger partial charge in [0, 0.05) is 20.2 Å². The summed E-state index contributed by atoms with van der Waals surface area (Å²) in [5.41, 5.74) is 1.44. The highest BCUT2D eigenvalue weighted by molar-refractivity contribution is 5.20. The third kappa shape index (κ3) is 4.88. The van der Waals surface area contributed by atoms with Crippen molar-refractivity contribution in [1.82, 2.24) is 5.32 Å². The van der Waals surface area contributed by atoms with E-state index in [0.29, 0.717) is 11.8 Å². The maximum Gasteiger partial charge on any atom is 0.0587 e. The molecule has 0 bridgehead atoms. The molecule has 1 aromatic rings. The molecule has 1 rings (SSSR count). The number of nitrogens with one attached hydrogen (secondary N) is 1. The molecule has 0 aliphatic carbocycles. The van der Waals surface area contributed by atoms with Gasteiger partial charge >= 0.3 is 0 Å². The van der Waals surface area contributed by atoms with E-state index in [2.05, 4.69) is 49.5 Å². The largest absolute Gasteiger partial charge is 0.383 e. The summed E-state index contributed by atoms with van der Waals surface area (Å²) >= 11 is 0. The Labute approximate surface area is 105 Å². The van der Waals surface area contributed by atoms with Gasteiger partial charge in [-0.2, -0.15) is 0 Å². The van der Waals surface area contributed by atoms with E-state index < -0.39 is 0 Å². The first-order valence-corrected chi connectivity index (χ1v) is 6.54. The van der Waals surface area contributed by atoms with E-state index in [4.69, 9.17) is 4.74 Å². The molecule has 0 amide bonds. The average Bonchev–Trinajstić information content (AvgIpc) is 2.39. The van der Waals surface area contributed by atoms with E-state index in [1.165, 1.54) is 12.0 Å². The first-order valence-electron chi connectivity index (χ1n) is 6.54. The SMILES string of the molecule is CCC(C)C(CNCCOC)c1ccccc1. The zero-order valence-corrected chi connectivity index (χ0v) is 11.3. The molecular weight excluding hydrogens is 210 g/mol. The Kier molecular flexibility index (Phi) is 6.90. The molecule has 0 fully saturated rings. The minimum absolute atomic E-state index is 0.595. The van der Waals surface area contributed by atoms with E-state index in [1.807, 2.05) is 0 Å². The Morgan fingerprint density at radius 3 is 2.53 bits per heavy atom. The number of rotatable bonds is 8. The quantitative estimate of drug-likeness (QED) is 0.699. The van der Waals surface area contributed by atoms with Gasteiger partial charge in [-0.1, -0.05) is 50.6 Å². The van der Waals surface area contributed by atoms with Crippen LogP contribution in [0.3, 0.4) is 0 Å². The second-order valence-corrected chi connectivity index (χ2v) is 4.60. The van der Waals surface area contributed by atoms with Crippen LogP contribution < -0.4 is 5.32 Å². The molecular formula is C15H25NO. The molecule has 0 saturated heterocycles. The van der Waals surface area contributed by atoms with Crippen molar-refractivity contribution in [1.29, 1.82) is 0 Å². The summed E-state index contributed by atoms with van der Waals surface area (Å²) in [5.74, 6) is 1.30. The van der Waals surface area contributed by atoms with Gasteiger partial charge in [0.15, 0.2) is 0 Å². The third-order valence-electron chi connectivity index (χ3n) is 3.41. The second kappa shape index (κ2) is 8.26. The summed E-state index contributed by atoms with van der Waals surface area (Å²) in [5, 5.41) is 3.48. The fourth-order valence-corrected chi connectivity index (χ4v) is 2.06. The predicted octanol–water partition coefficient (Wildman–Crippen LogP) is 3.05. The van der Waals surface area contributed by atoms with Crippen molar-refractivity contribution in [2.45, 2.75) is 26.2 Å². The van der Waals surface area contributed by atoms with Gasteiger partial charge in [-0.05, 0) is 17.4 Å². The van der Waals surface area contributed by atoms with Crippen LogP contribution >= 0.6 is 0 Å². The zero-order valence-electron chi connectivity index (χ0n) is 11.3. The van der Waals surface area contributed by atoms with Crippen LogP contribution in [0, 0.1) is 5.92 Å². The van der Waals surface area contributed by atoms with E-state index in [-0.39, 0.29) is 0 Å². The molecule has 0 radical (unpaired) electrons. The van der Waals surface area contributed by atoms with Gasteiger partial charge in [0.1, 0.15) is 0 Å². The van der Waals surface area contributed by atoms with Gasteiger partial charge in [-0.15, -0.1) is 0 Å². The van der Waals surface area contributed by atoms with Crippen LogP contribution in [0.1, 0.15) is 31.7 Å². The van der Waals surface area contributed by atoms with E-state index in [1.54, 1.807) is 7.11 Å². The van der Waals surface area contributed by atoms with Crippen LogP contribution in [0.5, 0.6) is 0 Å². The van der Waals surface area contributed by atoms with E-state index >= 15 is 0 Å². The normalized spacial score (nSPS) is 14.5. The molecule has 0 aliphatic rings. The lowest BCUT2D eigenvalue weighted by Gasteiger charge is -2.24. The van der Waals surface area contributed by atoms with Gasteiger partial charge in [-0.3, -0.25) is 0 Å². The fraction of sp³-hybridized carbons (Fsp3) is 0.600. The van der Waals surface area contributed by atoms with Crippen LogP contribution in [0.2, 0.25) is 0 Å². The van der Waals surface area contributed by atoms with Crippen molar-refractivity contribution in [2.24, 2.45) is 5.92 Å². The topological polar surface area (TPSA) is 21.3 Å². The Bertz CT molecular complexity index is 286. The molecule has 96 valence electrons. The van der Waals surface area contributed by atoms with Crippen molar-refractivity contribution in [2.75, 3.05) is 26.8 Å². The van der Waals surface area contributed by atoms with Gasteiger partial charge < -0.3 is 10.1 Å². The lowest BCUT2D eigenvalue weighted by Crippen LogP contribution is -2.28. The van der Waals surface area contributed by atoms with Gasteiger partial charge in [0.25, 0.3) is 0 Å². The molecule has 0 aromatic heterocycles. The molecule has 2 nitrogen and oxygen atoms in total. The van der Waals surface area contributed by atoms with Crippen LogP contribution in [-0.2, 0) is 4.74 Å². The number of benzene rings is 1. The predicted molar refractivity (Wildman–Crippen MR) is 73.4 cm³/mol. The molecule has 0 aliphatic heterocycles. The highest BCUT2D eigenvalue weighted by Crippen LogP contribution is 2.25. The molecule has 0 heterocycles. The molecule has 0 saturated carbocycles. The second-order valence-electron chi connectivity index (χ2n) is 4.60. The summed E-state index contributed by atoms with van der Waals surface area (Å²) in [6.07, 6.45) is 1.21. The zero-order chi connectivity index (χ0) is 12.5. The summed E-state index contributed by atoms with van der Waals surface area (Å²) in [6.45, 7) is 7.33. The van der Waals surface area contributed by atoms with Gasteiger partial charge in [-0.25, -0.2) is 0 Å². The minimum atomic E-state index is 0.595. The maximum absolute atomic E-state index is 5.05. The molecule has 0 spiro atoms. The van der Waals surface area contributed by atoms with Crippen LogP contribution in [0.25, 0.3) is 0 Å². The number of methoxy groups -OCH3 is 1. The van der Waals surface area contributed by atoms with Crippen LogP contribution in [0.4, 0.5) is 0 Å². The smallest absolute Gasteiger partial charge is 0.0587 e. The maximum atomic E-state index is 5.05. The number of hydrogen-bond donors (Lipinski definition) is 1. The van der Waals surface area contributed by atoms with Crippen molar-refractivity contribution < 1.29 is 4.74 Å². The van der Waals surface area contributed by atoms with Crippen molar-refractivity contribution in [3.63, 3.8) is 0 Å². The summed E-state index contributed by atoms with van der Waals surface area (Å²) in [6, 6.07) is 10.8. The van der Waals surface area contributed by atoms with Crippen molar-refractivity contribution in [3.8, 4) is 0 Å². The first-order chi connectivity index (χ1) is 8.29. The fourth-order valence-electron chi connectivity index (χ4n) is 2.06. The molecule has 2 heteroatoms. The van der Waals surface area contributed by atoms with Crippen molar-refractivity contribution in [3.05, 3.63) is 35.9 Å². The standard InChI is InChI=1S/C15H25NO/c1-4-13(2)15(12-16-10-11-17-3)14-8-6-5-7-9-14/h5-9,13,15-16H,4,10-12H2,1-3H3. The molecule has 17 heavy (non-hydrogen) atoms. The number of ether oxygens (including phenoxy) is 1. The van der Waals surface area contributed by atoms with Crippen molar-refractivity contribution >= 4 is 0 Å². The van der Waals surface area contributed by atoms with E-state index in [0.717, 1.165) is 19.7 Å². The number of hydrogen-bond acceptors (Lipinski definition) is 2. The monoisotopic (exact) mass is 235 g/mol. The van der Waals surface area contributed by atoms with Gasteiger partial charge in [0.2, 0.25) is 0 Å². The molecule has 2 unspecified atom stereocenters. The van der Waals surface area contributed by atoms with Crippen LogP contribution in [-0.4, -0.2) is 26.8 Å². The van der Waals surface area contributed by atoms with E-state index in [9.17, 15) is 0 Å². The minimum Gasteiger partial charge on any atom is -0.383 e. The molecule has 2 atom stereocenters. The van der Waals surface area contributed by atoms with Gasteiger partial charge in [0.05, 0.1) is 6.61 Å².